The summed E-state index contributed by atoms with van der Waals surface area (Å²) in [6, 6.07) is 0. The van der Waals surface area contributed by atoms with Gasteiger partial charge in [0.05, 0.1) is 0 Å². The highest BCUT2D eigenvalue weighted by Crippen LogP contribution is 2.08. The molecular formula is C8H15N. The first kappa shape index (κ1) is 6.81. The molecule has 1 rings (SSSR count). The van der Waals surface area contributed by atoms with Gasteiger partial charge in [0.2, 0.25) is 0 Å². The normalized spacial score (nSPS) is 27.9. The lowest BCUT2D eigenvalue weighted by atomic mass is 10.1. The molecule has 1 aliphatic heterocycles. The van der Waals surface area contributed by atoms with Crippen LogP contribution < -0.4 is 5.32 Å². The van der Waals surface area contributed by atoms with Gasteiger partial charge in [-0.1, -0.05) is 19.1 Å². The fourth-order valence-corrected chi connectivity index (χ4v) is 1.17. The SMILES string of the molecule is CC/C=C\C1CCNC1. The highest BCUT2D eigenvalue weighted by atomic mass is 14.9. The topological polar surface area (TPSA) is 12.0 Å². The Morgan fingerprint density at radius 1 is 1.67 bits per heavy atom. The highest BCUT2D eigenvalue weighted by Gasteiger charge is 2.09. The molecule has 0 aromatic rings. The van der Waals surface area contributed by atoms with Gasteiger partial charge in [-0.25, -0.2) is 0 Å². The smallest absolute Gasteiger partial charge is 0.00146 e. The van der Waals surface area contributed by atoms with Crippen LogP contribution in [0.1, 0.15) is 19.8 Å². The van der Waals surface area contributed by atoms with Crippen molar-refractivity contribution in [1.82, 2.24) is 5.32 Å². The molecule has 0 aromatic heterocycles. The summed E-state index contributed by atoms with van der Waals surface area (Å²) >= 11 is 0. The zero-order valence-electron chi connectivity index (χ0n) is 6.06. The quantitative estimate of drug-likeness (QED) is 0.552. The molecule has 1 N–H and O–H groups in total. The zero-order chi connectivity index (χ0) is 6.53. The van der Waals surface area contributed by atoms with Crippen LogP contribution in [0.5, 0.6) is 0 Å². The highest BCUT2D eigenvalue weighted by molar-refractivity contribution is 4.91. The van der Waals surface area contributed by atoms with Gasteiger partial charge in [0, 0.05) is 6.54 Å². The molecular weight excluding hydrogens is 110 g/mol. The van der Waals surface area contributed by atoms with E-state index in [2.05, 4.69) is 24.4 Å². The Morgan fingerprint density at radius 2 is 2.56 bits per heavy atom. The molecule has 1 aliphatic rings. The van der Waals surface area contributed by atoms with E-state index in [0.717, 1.165) is 5.92 Å². The van der Waals surface area contributed by atoms with E-state index >= 15 is 0 Å². The zero-order valence-corrected chi connectivity index (χ0v) is 6.06. The molecule has 1 heterocycles. The first-order valence-electron chi connectivity index (χ1n) is 3.81. The second kappa shape index (κ2) is 3.67. The standard InChI is InChI=1S/C8H15N/c1-2-3-4-8-5-6-9-7-8/h3-4,8-9H,2,5-7H2,1H3/b4-3-. The molecule has 0 saturated carbocycles. The Kier molecular flexibility index (Phi) is 2.78. The minimum atomic E-state index is 0.824. The van der Waals surface area contributed by atoms with Crippen LogP contribution in [-0.4, -0.2) is 13.1 Å². The molecule has 0 aromatic carbocycles. The Bertz CT molecular complexity index is 90.7. The summed E-state index contributed by atoms with van der Waals surface area (Å²) in [5.74, 6) is 0.824. The van der Waals surface area contributed by atoms with Gasteiger partial charge in [-0.2, -0.15) is 0 Å². The van der Waals surface area contributed by atoms with Crippen molar-refractivity contribution in [2.45, 2.75) is 19.8 Å². The van der Waals surface area contributed by atoms with Crippen LogP contribution >= 0.6 is 0 Å². The first-order valence-corrected chi connectivity index (χ1v) is 3.81. The third-order valence-corrected chi connectivity index (χ3v) is 1.74. The molecule has 1 atom stereocenters. The third kappa shape index (κ3) is 2.19. The predicted octanol–water partition coefficient (Wildman–Crippen LogP) is 1.56. The minimum absolute atomic E-state index is 0.824. The molecule has 1 saturated heterocycles. The molecule has 1 unspecified atom stereocenters. The van der Waals surface area contributed by atoms with E-state index < -0.39 is 0 Å². The summed E-state index contributed by atoms with van der Waals surface area (Å²) in [4.78, 5) is 0. The maximum atomic E-state index is 3.33. The van der Waals surface area contributed by atoms with Crippen molar-refractivity contribution in [2.24, 2.45) is 5.92 Å². The van der Waals surface area contributed by atoms with Gasteiger partial charge in [0.1, 0.15) is 0 Å². The first-order chi connectivity index (χ1) is 4.43. The maximum Gasteiger partial charge on any atom is 0.00146 e. The van der Waals surface area contributed by atoms with Crippen LogP contribution in [-0.2, 0) is 0 Å². The van der Waals surface area contributed by atoms with Crippen LogP contribution in [0.3, 0.4) is 0 Å². The van der Waals surface area contributed by atoms with Crippen molar-refractivity contribution in [3.05, 3.63) is 12.2 Å². The molecule has 0 bridgehead atoms. The van der Waals surface area contributed by atoms with Crippen molar-refractivity contribution in [3.8, 4) is 0 Å². The van der Waals surface area contributed by atoms with Crippen LogP contribution in [0.4, 0.5) is 0 Å². The average molecular weight is 125 g/mol. The van der Waals surface area contributed by atoms with Crippen LogP contribution in [0.15, 0.2) is 12.2 Å². The molecule has 1 heteroatoms. The monoisotopic (exact) mass is 125 g/mol. The number of nitrogens with one attached hydrogen (secondary N) is 1. The van der Waals surface area contributed by atoms with E-state index in [0.29, 0.717) is 0 Å². The largest absolute Gasteiger partial charge is 0.316 e. The van der Waals surface area contributed by atoms with E-state index in [4.69, 9.17) is 0 Å². The fourth-order valence-electron chi connectivity index (χ4n) is 1.17. The second-order valence-electron chi connectivity index (χ2n) is 2.59. The summed E-state index contributed by atoms with van der Waals surface area (Å²) in [5, 5.41) is 3.33. The Hall–Kier alpha value is -0.300. The fraction of sp³-hybridized carbons (Fsp3) is 0.750. The van der Waals surface area contributed by atoms with Gasteiger partial charge in [-0.15, -0.1) is 0 Å². The lowest BCUT2D eigenvalue weighted by molar-refractivity contribution is 0.725. The van der Waals surface area contributed by atoms with Crippen molar-refractivity contribution in [1.29, 1.82) is 0 Å². The van der Waals surface area contributed by atoms with Crippen LogP contribution in [0.25, 0.3) is 0 Å². The lowest BCUT2D eigenvalue weighted by Crippen LogP contribution is -2.07. The van der Waals surface area contributed by atoms with E-state index in [-0.39, 0.29) is 0 Å². The predicted molar refractivity (Wildman–Crippen MR) is 40.4 cm³/mol. The Balaban J connectivity index is 2.18. The number of rotatable bonds is 2. The maximum absolute atomic E-state index is 3.33. The van der Waals surface area contributed by atoms with Crippen molar-refractivity contribution >= 4 is 0 Å². The lowest BCUT2D eigenvalue weighted by Gasteiger charge is -1.96. The van der Waals surface area contributed by atoms with Crippen LogP contribution in [0.2, 0.25) is 0 Å². The van der Waals surface area contributed by atoms with Gasteiger partial charge < -0.3 is 5.32 Å². The van der Waals surface area contributed by atoms with Gasteiger partial charge in [-0.3, -0.25) is 0 Å². The van der Waals surface area contributed by atoms with Gasteiger partial charge in [0.25, 0.3) is 0 Å². The Labute approximate surface area is 57.1 Å². The van der Waals surface area contributed by atoms with Crippen molar-refractivity contribution in [2.75, 3.05) is 13.1 Å². The second-order valence-corrected chi connectivity index (χ2v) is 2.59. The van der Waals surface area contributed by atoms with Gasteiger partial charge >= 0.3 is 0 Å². The van der Waals surface area contributed by atoms with E-state index in [1.54, 1.807) is 0 Å². The summed E-state index contributed by atoms with van der Waals surface area (Å²) < 4.78 is 0. The molecule has 9 heavy (non-hydrogen) atoms. The molecule has 0 spiro atoms. The molecule has 52 valence electrons. The number of hydrogen-bond donors (Lipinski definition) is 1. The molecule has 0 aliphatic carbocycles. The molecule has 0 amide bonds. The van der Waals surface area contributed by atoms with Crippen molar-refractivity contribution < 1.29 is 0 Å². The van der Waals surface area contributed by atoms with Gasteiger partial charge in [-0.05, 0) is 25.3 Å². The summed E-state index contributed by atoms with van der Waals surface area (Å²) in [7, 11) is 0. The molecule has 1 fully saturated rings. The van der Waals surface area contributed by atoms with E-state index in [1.165, 1.54) is 25.9 Å². The van der Waals surface area contributed by atoms with Crippen LogP contribution in [0, 0.1) is 5.92 Å². The summed E-state index contributed by atoms with van der Waals surface area (Å²) in [6.45, 7) is 4.58. The average Bonchev–Trinajstić information content (AvgIpc) is 2.34. The number of allylic oxidation sites excluding steroid dienone is 1. The minimum Gasteiger partial charge on any atom is -0.316 e. The van der Waals surface area contributed by atoms with Crippen molar-refractivity contribution in [3.63, 3.8) is 0 Å². The molecule has 1 nitrogen and oxygen atoms in total. The van der Waals surface area contributed by atoms with E-state index in [1.807, 2.05) is 0 Å². The third-order valence-electron chi connectivity index (χ3n) is 1.74. The van der Waals surface area contributed by atoms with Gasteiger partial charge in [0.15, 0.2) is 0 Å². The van der Waals surface area contributed by atoms with E-state index in [9.17, 15) is 0 Å². The number of hydrogen-bond acceptors (Lipinski definition) is 1. The summed E-state index contributed by atoms with van der Waals surface area (Å²) in [6.07, 6.45) is 7.10. The Morgan fingerprint density at radius 3 is 3.11 bits per heavy atom. The summed E-state index contributed by atoms with van der Waals surface area (Å²) in [5.41, 5.74) is 0. The molecule has 0 radical (unpaired) electrons.